The lowest BCUT2D eigenvalue weighted by Crippen LogP contribution is -2.71. The number of nitrogens with one attached hydrogen (secondary N) is 1. The highest BCUT2D eigenvalue weighted by Crippen LogP contribution is 2.39. The average molecular weight is 1590 g/mol. The molecular formula is C58H106N9O41. The quantitative estimate of drug-likeness (QED) is 0.0382. The third-order valence-electron chi connectivity index (χ3n) is 19.9. The van der Waals surface area contributed by atoms with Gasteiger partial charge in [0.15, 0.2) is 56.6 Å². The number of carboxylic acid groups (broad SMARTS) is 1. The van der Waals surface area contributed by atoms with Gasteiger partial charge in [0.2, 0.25) is 0 Å². The molecule has 50 heteroatoms. The van der Waals surface area contributed by atoms with Gasteiger partial charge in [-0.05, 0) is 0 Å². The van der Waals surface area contributed by atoms with Crippen LogP contribution in [0.4, 0.5) is 4.79 Å². The number of methoxy groups -OCH3 is 1. The number of carboxylic acids is 1. The Morgan fingerprint density at radius 2 is 0.481 bits per heavy atom. The Kier molecular flexibility index (Phi) is 33.5. The van der Waals surface area contributed by atoms with Crippen molar-refractivity contribution in [3.63, 3.8) is 0 Å². The van der Waals surface area contributed by atoms with E-state index in [0.29, 0.717) is 0 Å². The molecule has 0 spiro atoms. The second kappa shape index (κ2) is 40.0. The van der Waals surface area contributed by atoms with Gasteiger partial charge in [0.25, 0.3) is 0 Å². The smallest absolute Gasteiger partial charge is 0.407 e. The summed E-state index contributed by atoms with van der Waals surface area (Å²) in [4.78, 5) is 21.7. The topological polar surface area (TPSA) is 845 Å². The van der Waals surface area contributed by atoms with Gasteiger partial charge in [-0.1, -0.05) is 0 Å². The van der Waals surface area contributed by atoms with Crippen LogP contribution in [0, 0.1) is 6.92 Å². The van der Waals surface area contributed by atoms with E-state index < -0.39 is 347 Å². The Morgan fingerprint density at radius 3 is 0.713 bits per heavy atom. The van der Waals surface area contributed by atoms with E-state index in [9.17, 15) is 107 Å². The van der Waals surface area contributed by atoms with Gasteiger partial charge in [-0.15, -0.1) is 0 Å². The van der Waals surface area contributed by atoms with Gasteiger partial charge in [-0.25, -0.2) is 4.79 Å². The van der Waals surface area contributed by atoms with Crippen molar-refractivity contribution in [2.24, 2.45) is 45.9 Å². The first kappa shape index (κ1) is 90.5. The van der Waals surface area contributed by atoms with E-state index in [1.165, 1.54) is 0 Å². The second-order valence-corrected chi connectivity index (χ2v) is 26.9. The molecule has 9 fully saturated rings. The normalized spacial score (nSPS) is 50.3. The highest BCUT2D eigenvalue weighted by molar-refractivity contribution is 5.71. The molecular weight excluding hydrogens is 1480 g/mol. The van der Waals surface area contributed by atoms with Crippen molar-refractivity contribution in [1.82, 2.24) is 5.32 Å². The Labute approximate surface area is 613 Å². The number of carbonyl (C=O) groups is 2. The number of alkyl carbamates (subject to hydrolysis) is 1. The van der Waals surface area contributed by atoms with Crippen LogP contribution >= 0.6 is 0 Å². The Morgan fingerprint density at radius 1 is 0.296 bits per heavy atom. The van der Waals surface area contributed by atoms with Crippen LogP contribution in [-0.2, 0) is 90.1 Å². The number of nitrogens with two attached hydrogens (primary N) is 8. The minimum absolute atomic E-state index is 0.762. The molecule has 9 saturated heterocycles. The van der Waals surface area contributed by atoms with Crippen molar-refractivity contribution in [3.05, 3.63) is 6.92 Å². The standard InChI is InChI=1S/C56H103N9O39.C2H3O2/c1-87-56(86)65-28-38(84)46(19(10-74)96-55(28)104-45-18(9-73)95-49(27(64)37(45)83)97-39-12(3-67)88-47(85)20(57)31(39)77)103-54-26(63)36(82)44(17(8-72)94-54)102-53-25(62)35(81)43(16(7-71)93-53)101-52-24(61)34(80)42(15(6-70)92-52)100-51-23(60)33(79)41(14(5-69)91-51)99-50-22(59)32(78)40(13(4-68)90-50)98-48-21(58)30(76)29(75)11(2-66)89-48;1-2(3)4/h11-55,66-85H,2-10,57-64H2,1H3,(H,65,86);1H2,(H,3,4)/t11-,12-,13-,14-,15-,16-,17-,18-,19-,20-,21-,22-,23-,24-,25-,26-,27-,28-,29-,30-,31-,32-,33-,34-,35-,36-,37-,38-,39-,40-,41-,42-,43-,44-,45-,46-,47-,48+,49+,50+,51+,52+,53+,54+,55+;/m1./s1. The van der Waals surface area contributed by atoms with E-state index in [2.05, 4.69) is 12.2 Å². The maximum atomic E-state index is 12.8. The minimum atomic E-state index is -2.04. The lowest BCUT2D eigenvalue weighted by atomic mass is 9.93. The van der Waals surface area contributed by atoms with Crippen LogP contribution in [0.3, 0.4) is 0 Å². The first-order chi connectivity index (χ1) is 51.1. The van der Waals surface area contributed by atoms with Gasteiger partial charge < -0.3 is 244 Å². The summed E-state index contributed by atoms with van der Waals surface area (Å²) >= 11 is 0. The number of amides is 1. The summed E-state index contributed by atoms with van der Waals surface area (Å²) in [6.45, 7) is -5.69. The highest BCUT2D eigenvalue weighted by Gasteiger charge is 2.60. The van der Waals surface area contributed by atoms with E-state index >= 15 is 0 Å². The fraction of sp³-hybridized carbons (Fsp3) is 0.948. The molecule has 9 aliphatic rings. The Hall–Kier alpha value is -3.06. The summed E-state index contributed by atoms with van der Waals surface area (Å²) in [5.41, 5.74) is 50.2. The molecule has 1 radical (unpaired) electrons. The molecule has 9 rings (SSSR count). The number of ether oxygens (including phenoxy) is 18. The highest BCUT2D eigenvalue weighted by atomic mass is 16.8. The summed E-state index contributed by atoms with van der Waals surface area (Å²) < 4.78 is 104. The minimum Gasteiger partial charge on any atom is -0.481 e. The van der Waals surface area contributed by atoms with Gasteiger partial charge >= 0.3 is 12.1 Å². The SMILES string of the molecule is COC(=O)N[C@H]1[C@H](O[C@H]2[C@H](O)[C@@H](N)[C@H](O[C@H]3[C@H](O)[C@@H](N)[C@H](O)O[C@@H]3CO)O[C@@H]2CO)O[C@H](CO)[C@@H](O[C@@H]2O[C@H](CO)[C@@H](O[C@@H]3O[C@H](CO)[C@@H](O[C@@H]4O[C@H](CO)[C@@H](O[C@@H]5O[C@H](CO)[C@@H](O[C@@H]6O[C@H](CO)[C@@H](O[C@@H]7O[C@H](CO)[C@@H](O)[C@H](O)[C@H]7N)[C@H](O)[C@H]6N)[C@H](O)[C@H]5N)[C@H](O)[C@H]4N)[C@H](O)[C@H]3N)[C@H](O)[C@H]2N)[C@@H]1O.[CH2]C(=O)O. The van der Waals surface area contributed by atoms with Crippen LogP contribution in [0.15, 0.2) is 0 Å². The van der Waals surface area contributed by atoms with Gasteiger partial charge in [0, 0.05) is 0 Å². The zero-order chi connectivity index (χ0) is 79.9. The molecule has 1 amide bonds. The molecule has 45 atom stereocenters. The van der Waals surface area contributed by atoms with Crippen LogP contribution in [0.2, 0.25) is 0 Å². The third kappa shape index (κ3) is 19.7. The zero-order valence-corrected chi connectivity index (χ0v) is 57.7. The summed E-state index contributed by atoms with van der Waals surface area (Å²) in [6.07, 6.45) is -62.6. The monoisotopic (exact) mass is 1580 g/mol. The average Bonchev–Trinajstić information content (AvgIpc) is 0.774. The van der Waals surface area contributed by atoms with Crippen molar-refractivity contribution in [2.45, 2.75) is 276 Å². The van der Waals surface area contributed by atoms with Crippen molar-refractivity contribution in [2.75, 3.05) is 66.6 Å². The maximum absolute atomic E-state index is 12.8. The van der Waals surface area contributed by atoms with Gasteiger partial charge in [-0.3, -0.25) is 4.79 Å². The Balaban J connectivity index is 0.00000358. The second-order valence-electron chi connectivity index (χ2n) is 26.9. The van der Waals surface area contributed by atoms with E-state index in [1.807, 2.05) is 0 Å². The molecule has 0 aromatic heterocycles. The van der Waals surface area contributed by atoms with Crippen LogP contribution in [-0.4, -0.2) is 462 Å². The predicted molar refractivity (Wildman–Crippen MR) is 339 cm³/mol. The Bertz CT molecular complexity index is 2720. The van der Waals surface area contributed by atoms with E-state index in [0.717, 1.165) is 7.11 Å². The molecule has 0 unspecified atom stereocenters. The van der Waals surface area contributed by atoms with E-state index in [1.54, 1.807) is 0 Å². The summed E-state index contributed by atoms with van der Waals surface area (Å²) in [6, 6.07) is -14.6. The number of aliphatic carboxylic acids is 1. The first-order valence-electron chi connectivity index (χ1n) is 34.2. The fourth-order valence-electron chi connectivity index (χ4n) is 13.7. The third-order valence-corrected chi connectivity index (χ3v) is 19.9. The van der Waals surface area contributed by atoms with Crippen molar-refractivity contribution < 1.29 is 202 Å². The molecule has 9 aliphatic heterocycles. The molecule has 108 heavy (non-hydrogen) atoms. The predicted octanol–water partition coefficient (Wildman–Crippen LogP) is -20.6. The van der Waals surface area contributed by atoms with Crippen molar-refractivity contribution in [3.8, 4) is 0 Å². The van der Waals surface area contributed by atoms with Crippen LogP contribution < -0.4 is 51.2 Å². The number of aliphatic hydroxyl groups is 20. The summed E-state index contributed by atoms with van der Waals surface area (Å²) in [5.74, 6) is -1.08. The van der Waals surface area contributed by atoms with Crippen molar-refractivity contribution >= 4 is 12.1 Å². The number of hydrogen-bond acceptors (Lipinski definition) is 48. The molecule has 629 valence electrons. The van der Waals surface area contributed by atoms with Crippen LogP contribution in [0.5, 0.6) is 0 Å². The van der Waals surface area contributed by atoms with E-state index in [-0.39, 0.29) is 0 Å². The lowest BCUT2D eigenvalue weighted by Gasteiger charge is -2.51. The number of hydrogen-bond donors (Lipinski definition) is 30. The van der Waals surface area contributed by atoms with Gasteiger partial charge in [0.1, 0.15) is 171 Å². The molecule has 0 saturated carbocycles. The van der Waals surface area contributed by atoms with Crippen molar-refractivity contribution in [1.29, 1.82) is 0 Å². The molecule has 0 aliphatic carbocycles. The molecule has 0 aromatic rings. The van der Waals surface area contributed by atoms with E-state index in [4.69, 9.17) is 141 Å². The van der Waals surface area contributed by atoms with Crippen LogP contribution in [0.1, 0.15) is 0 Å². The fourth-order valence-corrected chi connectivity index (χ4v) is 13.7. The number of carbonyl (C=O) groups excluding carboxylic acids is 1. The molecule has 0 aromatic carbocycles. The summed E-state index contributed by atoms with van der Waals surface area (Å²) in [7, 11) is 0.957. The largest absolute Gasteiger partial charge is 0.481 e. The van der Waals surface area contributed by atoms with Crippen LogP contribution in [0.25, 0.3) is 0 Å². The molecule has 50 nitrogen and oxygen atoms in total. The molecule has 0 bridgehead atoms. The number of aliphatic hydroxyl groups excluding tert-OH is 20. The molecule has 9 heterocycles. The van der Waals surface area contributed by atoms with Gasteiger partial charge in [0.05, 0.1) is 122 Å². The maximum Gasteiger partial charge on any atom is 0.407 e. The summed E-state index contributed by atoms with van der Waals surface area (Å²) in [5, 5.41) is 226. The first-order valence-corrected chi connectivity index (χ1v) is 34.2. The molecule has 38 N–H and O–H groups in total. The van der Waals surface area contributed by atoms with Gasteiger partial charge in [-0.2, -0.15) is 0 Å². The number of rotatable bonds is 26. The zero-order valence-electron chi connectivity index (χ0n) is 57.7. The lowest BCUT2D eigenvalue weighted by molar-refractivity contribution is -0.372.